The molecule has 1 heterocycles. The lowest BCUT2D eigenvalue weighted by molar-refractivity contribution is -0.139. The molecule has 0 unspecified atom stereocenters. The minimum Gasteiger partial charge on any atom is -0.480 e. The fourth-order valence-electron chi connectivity index (χ4n) is 3.18. The van der Waals surface area contributed by atoms with Crippen molar-refractivity contribution < 1.29 is 28.7 Å². The van der Waals surface area contributed by atoms with E-state index in [-0.39, 0.29) is 46.4 Å². The van der Waals surface area contributed by atoms with Crippen LogP contribution in [0.4, 0.5) is 0 Å². The molecule has 1 saturated carbocycles. The smallest absolute Gasteiger partial charge is 0.328 e. The summed E-state index contributed by atoms with van der Waals surface area (Å²) in [5, 5.41) is 16.9. The predicted octanol–water partition coefficient (Wildman–Crippen LogP) is 3.02. The Kier molecular flexibility index (Phi) is 8.72. The molecule has 1 aliphatic rings. The topological polar surface area (TPSA) is 138 Å². The van der Waals surface area contributed by atoms with E-state index < -0.39 is 17.9 Å². The van der Waals surface area contributed by atoms with Crippen LogP contribution in [0.2, 0.25) is 10.0 Å². The molecule has 34 heavy (non-hydrogen) atoms. The van der Waals surface area contributed by atoms with Crippen LogP contribution in [0.5, 0.6) is 0 Å². The van der Waals surface area contributed by atoms with E-state index in [1.165, 1.54) is 30.5 Å². The zero-order valence-electron chi connectivity index (χ0n) is 18.0. The zero-order chi connectivity index (χ0) is 24.7. The molecule has 3 amide bonds. The van der Waals surface area contributed by atoms with Crippen LogP contribution < -0.4 is 16.0 Å². The molecule has 3 rings (SSSR count). The summed E-state index contributed by atoms with van der Waals surface area (Å²) in [6.07, 6.45) is 6.82. The number of halogens is 2. The third-order valence-electron chi connectivity index (χ3n) is 5.30. The first-order valence-electron chi connectivity index (χ1n) is 10.5. The van der Waals surface area contributed by atoms with Gasteiger partial charge in [0.1, 0.15) is 11.8 Å². The summed E-state index contributed by atoms with van der Waals surface area (Å²) in [5.74, 6) is -2.29. The van der Waals surface area contributed by atoms with Gasteiger partial charge in [0.05, 0.1) is 21.9 Å². The molecule has 1 atom stereocenters. The molecule has 9 nitrogen and oxygen atoms in total. The second-order valence-corrected chi connectivity index (χ2v) is 8.55. The van der Waals surface area contributed by atoms with Gasteiger partial charge in [-0.05, 0) is 48.7 Å². The molecule has 1 aromatic carbocycles. The lowest BCUT2D eigenvalue weighted by Gasteiger charge is -2.25. The van der Waals surface area contributed by atoms with Crippen molar-refractivity contribution in [3.63, 3.8) is 0 Å². The summed E-state index contributed by atoms with van der Waals surface area (Å²) >= 11 is 12.5. The summed E-state index contributed by atoms with van der Waals surface area (Å²) in [4.78, 5) is 48.2. The molecular weight excluding hydrogens is 485 g/mol. The first kappa shape index (κ1) is 25.3. The molecule has 4 N–H and O–H groups in total. The number of carbonyl (C=O) groups excluding carboxylic acids is 3. The van der Waals surface area contributed by atoms with Crippen LogP contribution in [-0.2, 0) is 20.9 Å². The standard InChI is InChI=1S/C23H23Cl2N3O6/c24-16-9-13(11-26-19(29)7-6-15-5-2-8-34-15)10-17(25)20(16)22(31)28-18(23(32)33)12-27-21(30)14-3-1-4-14/h2,5-10,14,18H,1,3-4,11-12H2,(H,26,29)(H,27,30)(H,28,31)(H,32,33)/t18-/m0/s1. The third-order valence-corrected chi connectivity index (χ3v) is 5.89. The van der Waals surface area contributed by atoms with Gasteiger partial charge in [0.15, 0.2) is 0 Å². The Labute approximate surface area is 205 Å². The number of carboxylic acid groups (broad SMARTS) is 1. The second kappa shape index (κ2) is 11.7. The molecule has 1 fully saturated rings. The van der Waals surface area contributed by atoms with E-state index in [4.69, 9.17) is 27.6 Å². The fraction of sp³-hybridized carbons (Fsp3) is 0.304. The Morgan fingerprint density at radius 2 is 1.85 bits per heavy atom. The first-order valence-corrected chi connectivity index (χ1v) is 11.3. The number of rotatable bonds is 10. The molecule has 1 aliphatic carbocycles. The number of furan rings is 1. The van der Waals surface area contributed by atoms with Crippen molar-refractivity contribution >= 4 is 53.0 Å². The van der Waals surface area contributed by atoms with E-state index >= 15 is 0 Å². The Bertz CT molecular complexity index is 1070. The van der Waals surface area contributed by atoms with Crippen LogP contribution in [0.15, 0.2) is 41.0 Å². The van der Waals surface area contributed by atoms with Crippen LogP contribution in [0.1, 0.15) is 40.9 Å². The molecule has 0 bridgehead atoms. The number of carbonyl (C=O) groups is 4. The van der Waals surface area contributed by atoms with Crippen LogP contribution >= 0.6 is 23.2 Å². The summed E-state index contributed by atoms with van der Waals surface area (Å²) in [5.41, 5.74) is 0.432. The molecule has 0 spiro atoms. The van der Waals surface area contributed by atoms with E-state index in [1.807, 2.05) is 0 Å². The SMILES string of the molecule is O=C(C=Cc1ccco1)NCc1cc(Cl)c(C(=O)N[C@@H](CNC(=O)C2CCC2)C(=O)O)c(Cl)c1. The normalized spacial score (nSPS) is 14.3. The van der Waals surface area contributed by atoms with Crippen molar-refractivity contribution in [2.45, 2.75) is 31.8 Å². The highest BCUT2D eigenvalue weighted by atomic mass is 35.5. The highest BCUT2D eigenvalue weighted by Gasteiger charge is 2.28. The molecule has 11 heteroatoms. The largest absolute Gasteiger partial charge is 0.480 e. The van der Waals surface area contributed by atoms with E-state index in [9.17, 15) is 24.3 Å². The monoisotopic (exact) mass is 507 g/mol. The Hall–Kier alpha value is -3.30. The lowest BCUT2D eigenvalue weighted by Crippen LogP contribution is -2.49. The Morgan fingerprint density at radius 3 is 2.41 bits per heavy atom. The predicted molar refractivity (Wildman–Crippen MR) is 125 cm³/mol. The maximum atomic E-state index is 12.7. The highest BCUT2D eigenvalue weighted by molar-refractivity contribution is 6.39. The van der Waals surface area contributed by atoms with Gasteiger partial charge in [-0.25, -0.2) is 4.79 Å². The minimum absolute atomic E-state index is 0.0111. The van der Waals surface area contributed by atoms with Crippen LogP contribution in [0.3, 0.4) is 0 Å². The van der Waals surface area contributed by atoms with Crippen LogP contribution in [0, 0.1) is 5.92 Å². The number of nitrogens with one attached hydrogen (secondary N) is 3. The van der Waals surface area contributed by atoms with Crippen molar-refractivity contribution in [2.75, 3.05) is 6.54 Å². The number of carboxylic acids is 1. The van der Waals surface area contributed by atoms with Gasteiger partial charge in [0.2, 0.25) is 11.8 Å². The zero-order valence-corrected chi connectivity index (χ0v) is 19.5. The van der Waals surface area contributed by atoms with Gasteiger partial charge >= 0.3 is 5.97 Å². The maximum Gasteiger partial charge on any atom is 0.328 e. The number of amides is 3. The van der Waals surface area contributed by atoms with Gasteiger partial charge in [0.25, 0.3) is 5.91 Å². The summed E-state index contributed by atoms with van der Waals surface area (Å²) in [6.45, 7) is -0.172. The average Bonchev–Trinajstić information content (AvgIpc) is 3.25. The summed E-state index contributed by atoms with van der Waals surface area (Å²) < 4.78 is 5.10. The van der Waals surface area contributed by atoms with Gasteiger partial charge in [-0.15, -0.1) is 0 Å². The number of hydrogen-bond donors (Lipinski definition) is 4. The van der Waals surface area contributed by atoms with Gasteiger partial charge in [-0.2, -0.15) is 0 Å². The van der Waals surface area contributed by atoms with E-state index in [0.29, 0.717) is 11.3 Å². The summed E-state index contributed by atoms with van der Waals surface area (Å²) in [7, 11) is 0. The lowest BCUT2D eigenvalue weighted by atomic mass is 9.85. The maximum absolute atomic E-state index is 12.7. The van der Waals surface area contributed by atoms with Gasteiger partial charge in [-0.1, -0.05) is 29.6 Å². The van der Waals surface area contributed by atoms with Gasteiger partial charge < -0.3 is 25.5 Å². The van der Waals surface area contributed by atoms with Crippen LogP contribution in [-0.4, -0.2) is 41.4 Å². The van der Waals surface area contributed by atoms with Gasteiger partial charge in [0, 0.05) is 25.1 Å². The molecular formula is C23H23Cl2N3O6. The van der Waals surface area contributed by atoms with Crippen molar-refractivity contribution in [2.24, 2.45) is 5.92 Å². The average molecular weight is 508 g/mol. The van der Waals surface area contributed by atoms with Crippen LogP contribution in [0.25, 0.3) is 6.08 Å². The molecule has 1 aromatic heterocycles. The molecule has 0 saturated heterocycles. The molecule has 2 aromatic rings. The van der Waals surface area contributed by atoms with E-state index in [2.05, 4.69) is 16.0 Å². The van der Waals surface area contributed by atoms with Crippen molar-refractivity contribution in [3.8, 4) is 0 Å². The van der Waals surface area contributed by atoms with Crippen molar-refractivity contribution in [3.05, 3.63) is 63.5 Å². The summed E-state index contributed by atoms with van der Waals surface area (Å²) in [6, 6.07) is 4.94. The minimum atomic E-state index is -1.36. The quantitative estimate of drug-likeness (QED) is 0.364. The highest BCUT2D eigenvalue weighted by Crippen LogP contribution is 2.27. The number of hydrogen-bond acceptors (Lipinski definition) is 5. The first-order chi connectivity index (χ1) is 16.2. The molecule has 0 aliphatic heterocycles. The Balaban J connectivity index is 1.58. The van der Waals surface area contributed by atoms with E-state index in [0.717, 1.165) is 19.3 Å². The number of benzene rings is 1. The van der Waals surface area contributed by atoms with Crippen molar-refractivity contribution in [1.82, 2.24) is 16.0 Å². The van der Waals surface area contributed by atoms with Crippen molar-refractivity contribution in [1.29, 1.82) is 0 Å². The third kappa shape index (κ3) is 6.85. The van der Waals surface area contributed by atoms with Gasteiger partial charge in [-0.3, -0.25) is 14.4 Å². The van der Waals surface area contributed by atoms with E-state index in [1.54, 1.807) is 12.1 Å². The number of aliphatic carboxylic acids is 1. The molecule has 180 valence electrons. The molecule has 0 radical (unpaired) electrons. The second-order valence-electron chi connectivity index (χ2n) is 7.74. The Morgan fingerprint density at radius 1 is 1.15 bits per heavy atom. The fourth-order valence-corrected chi connectivity index (χ4v) is 3.89.